The number of nitrogens with zero attached hydrogens (tertiary/aromatic N) is 2. The number of carbonyl (C=O) groups excluding carboxylic acids is 2. The molecule has 2 amide bonds. The van der Waals surface area contributed by atoms with Crippen LogP contribution < -0.4 is 9.62 Å². The predicted molar refractivity (Wildman–Crippen MR) is 156 cm³/mol. The molecule has 0 aliphatic carbocycles. The molecule has 0 spiro atoms. The molecule has 1 N–H and O–H groups in total. The molecule has 0 aromatic heterocycles. The van der Waals surface area contributed by atoms with E-state index in [1.165, 1.54) is 35.2 Å². The minimum absolute atomic E-state index is 0.0231. The normalized spacial score (nSPS) is 12.6. The van der Waals surface area contributed by atoms with Crippen molar-refractivity contribution in [2.75, 3.05) is 10.8 Å². The van der Waals surface area contributed by atoms with Crippen LogP contribution in [0.3, 0.4) is 0 Å². The predicted octanol–water partition coefficient (Wildman–Crippen LogP) is 5.48. The highest BCUT2D eigenvalue weighted by Crippen LogP contribution is 2.27. The SMILES string of the molecule is CC(C)c1ccc(N(CC(=O)N(Cc2ccccc2F)[C@H](C)C(=O)NC(C)(C)C)S(=O)(=O)c2ccccc2)cc1. The lowest BCUT2D eigenvalue weighted by atomic mass is 10.0. The number of carbonyl (C=O) groups is 2. The molecular weight excluding hydrogens is 529 g/mol. The van der Waals surface area contributed by atoms with Gasteiger partial charge in [-0.1, -0.05) is 62.4 Å². The van der Waals surface area contributed by atoms with Gasteiger partial charge in [0.15, 0.2) is 0 Å². The maximum absolute atomic E-state index is 14.6. The van der Waals surface area contributed by atoms with Crippen molar-refractivity contribution in [2.45, 2.75) is 70.5 Å². The monoisotopic (exact) mass is 567 g/mol. The summed E-state index contributed by atoms with van der Waals surface area (Å²) >= 11 is 0. The van der Waals surface area contributed by atoms with Crippen molar-refractivity contribution in [2.24, 2.45) is 0 Å². The lowest BCUT2D eigenvalue weighted by molar-refractivity contribution is -0.140. The van der Waals surface area contributed by atoms with Gasteiger partial charge in [0, 0.05) is 17.6 Å². The molecule has 0 fully saturated rings. The van der Waals surface area contributed by atoms with Crippen LogP contribution in [0.4, 0.5) is 10.1 Å². The summed E-state index contributed by atoms with van der Waals surface area (Å²) < 4.78 is 43.3. The van der Waals surface area contributed by atoms with Crippen LogP contribution in [0.25, 0.3) is 0 Å². The number of hydrogen-bond donors (Lipinski definition) is 1. The van der Waals surface area contributed by atoms with Crippen molar-refractivity contribution in [1.29, 1.82) is 0 Å². The molecule has 0 unspecified atom stereocenters. The molecule has 3 aromatic rings. The van der Waals surface area contributed by atoms with E-state index in [-0.39, 0.29) is 22.9 Å². The lowest BCUT2D eigenvalue weighted by Crippen LogP contribution is -2.54. The van der Waals surface area contributed by atoms with Crippen molar-refractivity contribution < 1.29 is 22.4 Å². The van der Waals surface area contributed by atoms with Crippen LogP contribution in [0, 0.1) is 5.82 Å². The summed E-state index contributed by atoms with van der Waals surface area (Å²) in [6, 6.07) is 19.8. The van der Waals surface area contributed by atoms with Crippen LogP contribution in [0.15, 0.2) is 83.8 Å². The van der Waals surface area contributed by atoms with E-state index < -0.39 is 45.8 Å². The summed E-state index contributed by atoms with van der Waals surface area (Å²) in [5, 5.41) is 2.85. The van der Waals surface area contributed by atoms with Gasteiger partial charge in [-0.15, -0.1) is 0 Å². The van der Waals surface area contributed by atoms with Gasteiger partial charge in [-0.2, -0.15) is 0 Å². The van der Waals surface area contributed by atoms with E-state index in [1.807, 2.05) is 46.8 Å². The molecule has 0 aliphatic rings. The fourth-order valence-electron chi connectivity index (χ4n) is 4.14. The molecule has 214 valence electrons. The fourth-order valence-corrected chi connectivity index (χ4v) is 5.58. The van der Waals surface area contributed by atoms with E-state index in [0.717, 1.165) is 9.87 Å². The number of amides is 2. The van der Waals surface area contributed by atoms with E-state index in [0.29, 0.717) is 5.69 Å². The van der Waals surface area contributed by atoms with Gasteiger partial charge >= 0.3 is 0 Å². The zero-order chi connectivity index (χ0) is 29.7. The van der Waals surface area contributed by atoms with Gasteiger partial charge in [0.2, 0.25) is 11.8 Å². The minimum atomic E-state index is -4.16. The second-order valence-corrected chi connectivity index (χ2v) is 13.0. The first-order chi connectivity index (χ1) is 18.7. The van der Waals surface area contributed by atoms with Crippen molar-refractivity contribution in [3.63, 3.8) is 0 Å². The number of hydrogen-bond acceptors (Lipinski definition) is 4. The summed E-state index contributed by atoms with van der Waals surface area (Å²) in [5.41, 5.74) is 0.962. The molecule has 0 aliphatic heterocycles. The smallest absolute Gasteiger partial charge is 0.264 e. The molecule has 3 rings (SSSR count). The second-order valence-electron chi connectivity index (χ2n) is 11.1. The summed E-state index contributed by atoms with van der Waals surface area (Å²) in [5.74, 6) is -1.38. The van der Waals surface area contributed by atoms with Gasteiger partial charge in [0.1, 0.15) is 18.4 Å². The Morgan fingerprint density at radius 1 is 0.875 bits per heavy atom. The molecule has 0 saturated carbocycles. The Morgan fingerprint density at radius 3 is 2.00 bits per heavy atom. The highest BCUT2D eigenvalue weighted by atomic mass is 32.2. The second kappa shape index (κ2) is 12.6. The molecule has 0 saturated heterocycles. The van der Waals surface area contributed by atoms with Crippen LogP contribution in [0.5, 0.6) is 0 Å². The Balaban J connectivity index is 2.05. The zero-order valence-electron chi connectivity index (χ0n) is 23.9. The molecule has 3 aromatic carbocycles. The van der Waals surface area contributed by atoms with Crippen molar-refractivity contribution in [3.05, 3.63) is 95.8 Å². The first-order valence-corrected chi connectivity index (χ1v) is 14.7. The zero-order valence-corrected chi connectivity index (χ0v) is 24.7. The Labute approximate surface area is 237 Å². The summed E-state index contributed by atoms with van der Waals surface area (Å²) in [6.45, 7) is 10.3. The van der Waals surface area contributed by atoms with Gasteiger partial charge < -0.3 is 10.2 Å². The number of rotatable bonds is 10. The molecule has 0 radical (unpaired) electrons. The van der Waals surface area contributed by atoms with Crippen LogP contribution in [-0.2, 0) is 26.2 Å². The van der Waals surface area contributed by atoms with Gasteiger partial charge in [-0.25, -0.2) is 12.8 Å². The summed E-state index contributed by atoms with van der Waals surface area (Å²) in [4.78, 5) is 28.3. The third-order valence-electron chi connectivity index (χ3n) is 6.42. The minimum Gasteiger partial charge on any atom is -0.350 e. The molecule has 1 atom stereocenters. The van der Waals surface area contributed by atoms with Crippen LogP contribution >= 0.6 is 0 Å². The van der Waals surface area contributed by atoms with Gasteiger partial charge in [-0.05, 0) is 69.5 Å². The van der Waals surface area contributed by atoms with E-state index in [9.17, 15) is 22.4 Å². The third kappa shape index (κ3) is 7.69. The van der Waals surface area contributed by atoms with Gasteiger partial charge in [0.25, 0.3) is 10.0 Å². The summed E-state index contributed by atoms with van der Waals surface area (Å²) in [6.07, 6.45) is 0. The Kier molecular flexibility index (Phi) is 9.73. The lowest BCUT2D eigenvalue weighted by Gasteiger charge is -2.33. The number of anilines is 1. The Bertz CT molecular complexity index is 1420. The van der Waals surface area contributed by atoms with Crippen LogP contribution in [0.1, 0.15) is 58.6 Å². The Hall–Kier alpha value is -3.72. The average molecular weight is 568 g/mol. The molecular formula is C31H38FN3O4S. The maximum Gasteiger partial charge on any atom is 0.264 e. The number of sulfonamides is 1. The highest BCUT2D eigenvalue weighted by molar-refractivity contribution is 7.92. The topological polar surface area (TPSA) is 86.8 Å². The first-order valence-electron chi connectivity index (χ1n) is 13.2. The number of nitrogens with one attached hydrogen (secondary N) is 1. The fraction of sp³-hybridized carbons (Fsp3) is 0.355. The first kappa shape index (κ1) is 30.8. The van der Waals surface area contributed by atoms with Crippen molar-refractivity contribution in [3.8, 4) is 0 Å². The Morgan fingerprint density at radius 2 is 1.45 bits per heavy atom. The molecule has 9 heteroatoms. The van der Waals surface area contributed by atoms with Gasteiger partial charge in [0.05, 0.1) is 10.6 Å². The largest absolute Gasteiger partial charge is 0.350 e. The maximum atomic E-state index is 14.6. The standard InChI is InChI=1S/C31H38FN3O4S/c1-22(2)24-16-18-26(19-17-24)35(40(38,39)27-13-8-7-9-14-27)21-29(36)34(20-25-12-10-11-15-28(25)32)23(3)30(37)33-31(4,5)6/h7-19,22-23H,20-21H2,1-6H3,(H,33,37)/t23-/m1/s1. The van der Waals surface area contributed by atoms with E-state index in [2.05, 4.69) is 5.32 Å². The third-order valence-corrected chi connectivity index (χ3v) is 8.21. The molecule has 0 heterocycles. The van der Waals surface area contributed by atoms with E-state index in [1.54, 1.807) is 43.3 Å². The molecule has 0 bridgehead atoms. The highest BCUT2D eigenvalue weighted by Gasteiger charge is 2.33. The average Bonchev–Trinajstić information content (AvgIpc) is 2.90. The van der Waals surface area contributed by atoms with Crippen molar-refractivity contribution >= 4 is 27.5 Å². The van der Waals surface area contributed by atoms with Crippen molar-refractivity contribution in [1.82, 2.24) is 10.2 Å². The van der Waals surface area contributed by atoms with Crippen LogP contribution in [-0.4, -0.2) is 43.3 Å². The molecule has 40 heavy (non-hydrogen) atoms. The quantitative estimate of drug-likeness (QED) is 0.352. The van der Waals surface area contributed by atoms with Gasteiger partial charge in [-0.3, -0.25) is 13.9 Å². The number of halogens is 1. The van der Waals surface area contributed by atoms with E-state index >= 15 is 0 Å². The molecule has 7 nitrogen and oxygen atoms in total. The van der Waals surface area contributed by atoms with E-state index in [4.69, 9.17) is 0 Å². The summed E-state index contributed by atoms with van der Waals surface area (Å²) in [7, 11) is -4.16. The van der Waals surface area contributed by atoms with Crippen LogP contribution in [0.2, 0.25) is 0 Å². The number of benzene rings is 3.